The van der Waals surface area contributed by atoms with Crippen LogP contribution in [0.4, 0.5) is 0 Å². The summed E-state index contributed by atoms with van der Waals surface area (Å²) < 4.78 is 0. The van der Waals surface area contributed by atoms with Crippen LogP contribution in [0.5, 0.6) is 0 Å². The molecule has 2 aromatic rings. The van der Waals surface area contributed by atoms with Crippen molar-refractivity contribution in [3.8, 4) is 0 Å². The monoisotopic (exact) mass is 217 g/mol. The molecule has 3 heteroatoms. The van der Waals surface area contributed by atoms with Crippen molar-refractivity contribution in [1.29, 1.82) is 0 Å². The maximum absolute atomic E-state index is 10.2. The van der Waals surface area contributed by atoms with Crippen LogP contribution in [0.2, 0.25) is 0 Å². The van der Waals surface area contributed by atoms with Crippen molar-refractivity contribution in [2.75, 3.05) is 0 Å². The first-order valence-corrected chi connectivity index (χ1v) is 5.67. The van der Waals surface area contributed by atoms with Gasteiger partial charge in [0, 0.05) is 11.2 Å². The minimum absolute atomic E-state index is 0.0502. The number of nitrogens with one attached hydrogen (secondary N) is 1. The van der Waals surface area contributed by atoms with Gasteiger partial charge in [-0.3, -0.25) is 0 Å². The molecular weight excluding hydrogens is 202 g/mol. The first kappa shape index (κ1) is 9.87. The highest BCUT2D eigenvalue weighted by molar-refractivity contribution is 5.81. The minimum Gasteiger partial charge on any atom is -0.392 e. The van der Waals surface area contributed by atoms with Crippen LogP contribution in [0.15, 0.2) is 24.3 Å². The number of aromatic nitrogens is 1. The number of aliphatic hydroxyl groups is 2. The summed E-state index contributed by atoms with van der Waals surface area (Å²) in [6, 6.07) is 7.82. The van der Waals surface area contributed by atoms with E-state index in [1.54, 1.807) is 0 Å². The van der Waals surface area contributed by atoms with E-state index in [-0.39, 0.29) is 6.61 Å². The predicted molar refractivity (Wildman–Crippen MR) is 62.0 cm³/mol. The Morgan fingerprint density at radius 1 is 1.25 bits per heavy atom. The smallest absolute Gasteiger partial charge is 0.104 e. The first-order chi connectivity index (χ1) is 7.71. The molecule has 84 valence electrons. The van der Waals surface area contributed by atoms with Gasteiger partial charge >= 0.3 is 0 Å². The number of fused-ring (bicyclic) bond motifs is 1. The normalized spacial score (nSPS) is 18.6. The Morgan fingerprint density at radius 3 is 2.69 bits per heavy atom. The molecule has 0 spiro atoms. The van der Waals surface area contributed by atoms with Gasteiger partial charge in [0.2, 0.25) is 0 Å². The quantitative estimate of drug-likeness (QED) is 0.721. The summed E-state index contributed by atoms with van der Waals surface area (Å²) in [6.45, 7) is 0.0502. The van der Waals surface area contributed by atoms with Gasteiger partial charge in [-0.05, 0) is 42.3 Å². The maximum atomic E-state index is 10.2. The lowest BCUT2D eigenvalue weighted by molar-refractivity contribution is -0.0420. The number of hydrogen-bond acceptors (Lipinski definition) is 2. The molecule has 0 bridgehead atoms. The van der Waals surface area contributed by atoms with Gasteiger partial charge in [-0.25, -0.2) is 0 Å². The Bertz CT molecular complexity index is 526. The molecule has 1 fully saturated rings. The zero-order valence-corrected chi connectivity index (χ0v) is 9.03. The fourth-order valence-electron chi connectivity index (χ4n) is 2.30. The molecule has 1 saturated carbocycles. The van der Waals surface area contributed by atoms with E-state index in [9.17, 15) is 5.11 Å². The van der Waals surface area contributed by atoms with E-state index in [1.165, 1.54) is 0 Å². The SMILES string of the molecule is OCc1ccc2cc(C3(O)CCC3)[nH]c2c1. The largest absolute Gasteiger partial charge is 0.392 e. The average molecular weight is 217 g/mol. The summed E-state index contributed by atoms with van der Waals surface area (Å²) in [5, 5.41) is 20.4. The molecule has 3 N–H and O–H groups in total. The van der Waals surface area contributed by atoms with E-state index >= 15 is 0 Å². The molecular formula is C13H15NO2. The molecule has 1 aromatic heterocycles. The van der Waals surface area contributed by atoms with Crippen LogP contribution in [0.25, 0.3) is 10.9 Å². The molecule has 1 aromatic carbocycles. The topological polar surface area (TPSA) is 56.2 Å². The molecule has 1 heterocycles. The lowest BCUT2D eigenvalue weighted by Gasteiger charge is -2.35. The zero-order valence-electron chi connectivity index (χ0n) is 9.03. The third kappa shape index (κ3) is 1.36. The van der Waals surface area contributed by atoms with E-state index in [0.717, 1.165) is 41.4 Å². The fraction of sp³-hybridized carbons (Fsp3) is 0.385. The van der Waals surface area contributed by atoms with E-state index in [4.69, 9.17) is 5.11 Å². The Balaban J connectivity index is 2.08. The second-order valence-electron chi connectivity index (χ2n) is 4.65. The number of rotatable bonds is 2. The summed E-state index contributed by atoms with van der Waals surface area (Å²) in [4.78, 5) is 3.25. The lowest BCUT2D eigenvalue weighted by Crippen LogP contribution is -2.33. The van der Waals surface area contributed by atoms with Crippen LogP contribution in [0, 0.1) is 0 Å². The van der Waals surface area contributed by atoms with Gasteiger partial charge in [0.05, 0.1) is 6.61 Å². The average Bonchev–Trinajstić information content (AvgIpc) is 2.68. The highest BCUT2D eigenvalue weighted by Gasteiger charge is 2.37. The van der Waals surface area contributed by atoms with Crippen molar-refractivity contribution in [3.63, 3.8) is 0 Å². The minimum atomic E-state index is -0.640. The Labute approximate surface area is 93.7 Å². The summed E-state index contributed by atoms with van der Waals surface area (Å²) in [7, 11) is 0. The van der Waals surface area contributed by atoms with E-state index in [2.05, 4.69) is 4.98 Å². The molecule has 3 rings (SSSR count). The van der Waals surface area contributed by atoms with Gasteiger partial charge in [0.15, 0.2) is 0 Å². The first-order valence-electron chi connectivity index (χ1n) is 5.67. The zero-order chi connectivity index (χ0) is 11.2. The molecule has 16 heavy (non-hydrogen) atoms. The van der Waals surface area contributed by atoms with Crippen LogP contribution in [-0.4, -0.2) is 15.2 Å². The third-order valence-corrected chi connectivity index (χ3v) is 3.55. The van der Waals surface area contributed by atoms with E-state index < -0.39 is 5.60 Å². The van der Waals surface area contributed by atoms with Crippen LogP contribution in [0.1, 0.15) is 30.5 Å². The number of aromatic amines is 1. The van der Waals surface area contributed by atoms with Crippen molar-refractivity contribution in [1.82, 2.24) is 4.98 Å². The molecule has 0 amide bonds. The third-order valence-electron chi connectivity index (χ3n) is 3.55. The van der Waals surface area contributed by atoms with Crippen LogP contribution >= 0.6 is 0 Å². The number of H-pyrrole nitrogens is 1. The molecule has 0 aliphatic heterocycles. The molecule has 1 aliphatic rings. The van der Waals surface area contributed by atoms with Gasteiger partial charge in [0.25, 0.3) is 0 Å². The van der Waals surface area contributed by atoms with Crippen molar-refractivity contribution >= 4 is 10.9 Å². The summed E-state index contributed by atoms with van der Waals surface area (Å²) in [5.74, 6) is 0. The predicted octanol–water partition coefficient (Wildman–Crippen LogP) is 2.03. The number of benzene rings is 1. The van der Waals surface area contributed by atoms with Crippen molar-refractivity contribution in [2.45, 2.75) is 31.5 Å². The van der Waals surface area contributed by atoms with Crippen LogP contribution in [-0.2, 0) is 12.2 Å². The molecule has 3 nitrogen and oxygen atoms in total. The number of aliphatic hydroxyl groups excluding tert-OH is 1. The summed E-state index contributed by atoms with van der Waals surface area (Å²) >= 11 is 0. The number of hydrogen-bond donors (Lipinski definition) is 3. The molecule has 0 radical (unpaired) electrons. The molecule has 0 atom stereocenters. The molecule has 0 unspecified atom stereocenters. The lowest BCUT2D eigenvalue weighted by atomic mass is 9.78. The van der Waals surface area contributed by atoms with Crippen molar-refractivity contribution in [2.24, 2.45) is 0 Å². The van der Waals surface area contributed by atoms with Gasteiger partial charge in [0.1, 0.15) is 5.60 Å². The fourth-order valence-corrected chi connectivity index (χ4v) is 2.30. The van der Waals surface area contributed by atoms with Gasteiger partial charge < -0.3 is 15.2 Å². The molecule has 0 saturated heterocycles. The Kier molecular flexibility index (Phi) is 2.06. The van der Waals surface area contributed by atoms with E-state index in [0.29, 0.717) is 0 Å². The summed E-state index contributed by atoms with van der Waals surface area (Å²) in [6.07, 6.45) is 2.77. The highest BCUT2D eigenvalue weighted by atomic mass is 16.3. The van der Waals surface area contributed by atoms with Crippen molar-refractivity contribution in [3.05, 3.63) is 35.5 Å². The second kappa shape index (κ2) is 3.34. The van der Waals surface area contributed by atoms with Crippen LogP contribution in [0.3, 0.4) is 0 Å². The van der Waals surface area contributed by atoms with Gasteiger partial charge in [-0.2, -0.15) is 0 Å². The second-order valence-corrected chi connectivity index (χ2v) is 4.65. The highest BCUT2D eigenvalue weighted by Crippen LogP contribution is 2.41. The van der Waals surface area contributed by atoms with Gasteiger partial charge in [-0.1, -0.05) is 12.1 Å². The van der Waals surface area contributed by atoms with Gasteiger partial charge in [-0.15, -0.1) is 0 Å². The summed E-state index contributed by atoms with van der Waals surface area (Å²) in [5.41, 5.74) is 2.14. The molecule has 1 aliphatic carbocycles. The van der Waals surface area contributed by atoms with Crippen molar-refractivity contribution < 1.29 is 10.2 Å². The van der Waals surface area contributed by atoms with Crippen LogP contribution < -0.4 is 0 Å². The maximum Gasteiger partial charge on any atom is 0.104 e. The standard InChI is InChI=1S/C13H15NO2/c15-8-9-2-3-10-7-12(14-11(10)6-9)13(16)4-1-5-13/h2-3,6-7,14-16H,1,4-5,8H2. The Hall–Kier alpha value is -1.32. The van der Waals surface area contributed by atoms with E-state index in [1.807, 2.05) is 24.3 Å². The Morgan fingerprint density at radius 2 is 2.06 bits per heavy atom.